The fourth-order valence-corrected chi connectivity index (χ4v) is 6.89. The highest BCUT2D eigenvalue weighted by Crippen LogP contribution is 2.39. The summed E-state index contributed by atoms with van der Waals surface area (Å²) in [5.41, 5.74) is 0.941. The van der Waals surface area contributed by atoms with Crippen LogP contribution in [0.25, 0.3) is 10.2 Å². The van der Waals surface area contributed by atoms with E-state index in [0.29, 0.717) is 52.6 Å². The van der Waals surface area contributed by atoms with Crippen molar-refractivity contribution < 1.29 is 22.7 Å². The van der Waals surface area contributed by atoms with E-state index in [-0.39, 0.29) is 10.8 Å². The minimum atomic E-state index is -3.60. The third-order valence-electron chi connectivity index (χ3n) is 5.72. The van der Waals surface area contributed by atoms with E-state index in [1.807, 2.05) is 0 Å². The zero-order valence-corrected chi connectivity index (χ0v) is 20.6. The van der Waals surface area contributed by atoms with Crippen LogP contribution in [0.5, 0.6) is 11.5 Å². The molecule has 4 rings (SSSR count). The van der Waals surface area contributed by atoms with Crippen LogP contribution < -0.4 is 14.8 Å². The van der Waals surface area contributed by atoms with Crippen LogP contribution in [-0.2, 0) is 10.0 Å². The Morgan fingerprint density at radius 1 is 1.03 bits per heavy atom. The maximum absolute atomic E-state index is 13.1. The van der Waals surface area contributed by atoms with Crippen molar-refractivity contribution in [1.82, 2.24) is 9.29 Å². The van der Waals surface area contributed by atoms with Crippen molar-refractivity contribution >= 4 is 42.6 Å². The van der Waals surface area contributed by atoms with E-state index in [1.165, 1.54) is 35.6 Å². The van der Waals surface area contributed by atoms with E-state index < -0.39 is 10.0 Å². The smallest absolute Gasteiger partial charge is 0.257 e. The molecular formula is C23H27N3O5S2. The van der Waals surface area contributed by atoms with Gasteiger partial charge in [-0.15, -0.1) is 0 Å². The number of ether oxygens (including phenoxy) is 2. The van der Waals surface area contributed by atoms with Crippen molar-refractivity contribution in [3.63, 3.8) is 0 Å². The van der Waals surface area contributed by atoms with Crippen LogP contribution in [0.3, 0.4) is 0 Å². The van der Waals surface area contributed by atoms with Crippen molar-refractivity contribution in [3.05, 3.63) is 42.0 Å². The van der Waals surface area contributed by atoms with Gasteiger partial charge in [-0.25, -0.2) is 13.4 Å². The minimum absolute atomic E-state index is 0.190. The summed E-state index contributed by atoms with van der Waals surface area (Å²) in [5.74, 6) is 1.48. The topological polar surface area (TPSA) is 97.8 Å². The highest BCUT2D eigenvalue weighted by molar-refractivity contribution is 7.89. The lowest BCUT2D eigenvalue weighted by molar-refractivity contribution is 0.102. The molecule has 1 aliphatic rings. The molecule has 8 nitrogen and oxygen atoms in total. The number of nitrogens with zero attached hydrogens (tertiary/aromatic N) is 2. The number of hydrogen-bond acceptors (Lipinski definition) is 7. The predicted molar refractivity (Wildman–Crippen MR) is 129 cm³/mol. The second-order valence-electron chi connectivity index (χ2n) is 8.41. The van der Waals surface area contributed by atoms with Crippen LogP contribution in [0, 0.1) is 11.8 Å². The zero-order chi connectivity index (χ0) is 23.8. The molecule has 33 heavy (non-hydrogen) atoms. The first kappa shape index (κ1) is 23.5. The minimum Gasteiger partial charge on any atom is -0.495 e. The highest BCUT2D eigenvalue weighted by atomic mass is 32.2. The Labute approximate surface area is 197 Å². The number of methoxy groups -OCH3 is 2. The quantitative estimate of drug-likeness (QED) is 0.556. The molecule has 0 bridgehead atoms. The number of rotatable bonds is 6. The van der Waals surface area contributed by atoms with E-state index in [4.69, 9.17) is 9.47 Å². The zero-order valence-electron chi connectivity index (χ0n) is 19.0. The van der Waals surface area contributed by atoms with Gasteiger partial charge in [0.1, 0.15) is 21.7 Å². The molecule has 0 unspecified atom stereocenters. The molecular weight excluding hydrogens is 462 g/mol. The number of fused-ring (bicyclic) bond motifs is 1. The van der Waals surface area contributed by atoms with Gasteiger partial charge in [0.2, 0.25) is 10.0 Å². The Bertz CT molecular complexity index is 1220. The van der Waals surface area contributed by atoms with Crippen molar-refractivity contribution in [1.29, 1.82) is 0 Å². The number of sulfonamides is 1. The molecule has 1 aromatic heterocycles. The molecule has 0 radical (unpaired) electrons. The SMILES string of the molecule is COc1ccc(OC)c2sc(NC(=O)c3ccc(S(=O)(=O)N4C[C@H](C)C[C@H](C)C4)cc3)nc12. The number of benzene rings is 2. The Balaban J connectivity index is 1.53. The molecule has 0 saturated carbocycles. The summed E-state index contributed by atoms with van der Waals surface area (Å²) >= 11 is 1.28. The number of thiazole rings is 1. The summed E-state index contributed by atoms with van der Waals surface area (Å²) in [6, 6.07) is 9.56. The van der Waals surface area contributed by atoms with Crippen LogP contribution in [0.15, 0.2) is 41.3 Å². The molecule has 2 heterocycles. The third kappa shape index (κ3) is 4.68. The number of aromatic nitrogens is 1. The number of nitrogens with one attached hydrogen (secondary N) is 1. The van der Waals surface area contributed by atoms with Gasteiger partial charge in [-0.05, 0) is 54.7 Å². The number of hydrogen-bond donors (Lipinski definition) is 1. The summed E-state index contributed by atoms with van der Waals surface area (Å²) in [6.45, 7) is 5.16. The van der Waals surface area contributed by atoms with E-state index in [9.17, 15) is 13.2 Å². The monoisotopic (exact) mass is 489 g/mol. The lowest BCUT2D eigenvalue weighted by atomic mass is 9.94. The fraction of sp³-hybridized carbons (Fsp3) is 0.391. The number of amides is 1. The standard InChI is InChI=1S/C23H27N3O5S2/c1-14-11-15(2)13-26(12-14)33(28,29)17-7-5-16(6-8-17)22(27)25-23-24-20-18(30-3)9-10-19(31-4)21(20)32-23/h5-10,14-15H,11-13H2,1-4H3,(H,24,25,27)/t14-,15+. The molecule has 3 aromatic rings. The van der Waals surface area contributed by atoms with Gasteiger partial charge in [-0.1, -0.05) is 25.2 Å². The van der Waals surface area contributed by atoms with E-state index in [0.717, 1.165) is 11.1 Å². The predicted octanol–water partition coefficient (Wildman–Crippen LogP) is 4.23. The normalized spacial score (nSPS) is 19.4. The first-order valence-electron chi connectivity index (χ1n) is 10.7. The molecule has 1 N–H and O–H groups in total. The maximum atomic E-state index is 13.1. The lowest BCUT2D eigenvalue weighted by Gasteiger charge is -2.34. The highest BCUT2D eigenvalue weighted by Gasteiger charge is 2.31. The van der Waals surface area contributed by atoms with E-state index >= 15 is 0 Å². The van der Waals surface area contributed by atoms with Crippen LogP contribution >= 0.6 is 11.3 Å². The van der Waals surface area contributed by atoms with Gasteiger partial charge in [0.15, 0.2) is 5.13 Å². The molecule has 0 spiro atoms. The van der Waals surface area contributed by atoms with Gasteiger partial charge in [-0.3, -0.25) is 10.1 Å². The van der Waals surface area contributed by atoms with E-state index in [1.54, 1.807) is 30.7 Å². The van der Waals surface area contributed by atoms with Gasteiger partial charge < -0.3 is 9.47 Å². The summed E-state index contributed by atoms with van der Waals surface area (Å²) in [5, 5.41) is 3.18. The molecule has 1 amide bonds. The van der Waals surface area contributed by atoms with Crippen molar-refractivity contribution in [2.45, 2.75) is 25.2 Å². The average Bonchev–Trinajstić information content (AvgIpc) is 3.21. The Hall–Kier alpha value is -2.69. The van der Waals surface area contributed by atoms with Gasteiger partial charge in [0, 0.05) is 18.7 Å². The molecule has 176 valence electrons. The third-order valence-corrected chi connectivity index (χ3v) is 8.55. The van der Waals surface area contributed by atoms with Crippen LogP contribution in [-0.4, -0.2) is 50.9 Å². The molecule has 2 aromatic carbocycles. The maximum Gasteiger partial charge on any atom is 0.257 e. The summed E-state index contributed by atoms with van der Waals surface area (Å²) in [6.07, 6.45) is 1.02. The largest absolute Gasteiger partial charge is 0.495 e. The second-order valence-corrected chi connectivity index (χ2v) is 11.4. The molecule has 2 atom stereocenters. The van der Waals surface area contributed by atoms with Crippen molar-refractivity contribution in [2.24, 2.45) is 11.8 Å². The van der Waals surface area contributed by atoms with Crippen LogP contribution in [0.4, 0.5) is 5.13 Å². The van der Waals surface area contributed by atoms with Crippen molar-refractivity contribution in [3.8, 4) is 11.5 Å². The Morgan fingerprint density at radius 3 is 2.24 bits per heavy atom. The van der Waals surface area contributed by atoms with Gasteiger partial charge in [-0.2, -0.15) is 4.31 Å². The Kier molecular flexibility index (Phi) is 6.60. The van der Waals surface area contributed by atoms with Gasteiger partial charge in [0.25, 0.3) is 5.91 Å². The fourth-order valence-electron chi connectivity index (χ4n) is 4.24. The van der Waals surface area contributed by atoms with Crippen molar-refractivity contribution in [2.75, 3.05) is 32.6 Å². The molecule has 1 saturated heterocycles. The molecule has 1 aliphatic heterocycles. The van der Waals surface area contributed by atoms with Crippen LogP contribution in [0.1, 0.15) is 30.6 Å². The number of carbonyl (C=O) groups is 1. The number of anilines is 1. The number of carbonyl (C=O) groups excluding carboxylic acids is 1. The summed E-state index contributed by atoms with van der Waals surface area (Å²) in [7, 11) is -0.474. The first-order chi connectivity index (χ1) is 15.7. The summed E-state index contributed by atoms with van der Waals surface area (Å²) < 4.78 is 39.2. The molecule has 1 fully saturated rings. The second kappa shape index (κ2) is 9.28. The number of piperidine rings is 1. The van der Waals surface area contributed by atoms with Gasteiger partial charge in [0.05, 0.1) is 19.1 Å². The van der Waals surface area contributed by atoms with Crippen LogP contribution in [0.2, 0.25) is 0 Å². The molecule has 0 aliphatic carbocycles. The van der Waals surface area contributed by atoms with E-state index in [2.05, 4.69) is 24.1 Å². The average molecular weight is 490 g/mol. The molecule has 10 heteroatoms. The lowest BCUT2D eigenvalue weighted by Crippen LogP contribution is -2.42. The Morgan fingerprint density at radius 2 is 1.64 bits per heavy atom. The summed E-state index contributed by atoms with van der Waals surface area (Å²) in [4.78, 5) is 17.4. The first-order valence-corrected chi connectivity index (χ1v) is 12.9. The van der Waals surface area contributed by atoms with Gasteiger partial charge >= 0.3 is 0 Å².